The van der Waals surface area contributed by atoms with E-state index in [-0.39, 0.29) is 6.42 Å². The van der Waals surface area contributed by atoms with E-state index in [1.54, 1.807) is 7.11 Å². The fourth-order valence-electron chi connectivity index (χ4n) is 1.83. The third kappa shape index (κ3) is 3.29. The lowest BCUT2D eigenvalue weighted by molar-refractivity contribution is -0.136. The van der Waals surface area contributed by atoms with Crippen LogP contribution in [0, 0.1) is 6.92 Å². The molecule has 0 spiro atoms. The summed E-state index contributed by atoms with van der Waals surface area (Å²) < 4.78 is 5.33. The predicted molar refractivity (Wildman–Crippen MR) is 72.9 cm³/mol. The molecule has 5 heteroatoms. The van der Waals surface area contributed by atoms with E-state index in [9.17, 15) is 4.79 Å². The Morgan fingerprint density at radius 2 is 2.22 bits per heavy atom. The molecule has 18 heavy (non-hydrogen) atoms. The molecule has 100 valence electrons. The van der Waals surface area contributed by atoms with Crippen molar-refractivity contribution in [2.75, 3.05) is 19.0 Å². The summed E-state index contributed by atoms with van der Waals surface area (Å²) in [6.45, 7) is 4.28. The van der Waals surface area contributed by atoms with Gasteiger partial charge in [0.1, 0.15) is 5.75 Å². The number of anilines is 1. The van der Waals surface area contributed by atoms with Gasteiger partial charge in [0.05, 0.1) is 18.6 Å². The van der Waals surface area contributed by atoms with Crippen LogP contribution in [0.1, 0.15) is 24.5 Å². The number of benzene rings is 1. The second kappa shape index (κ2) is 6.50. The lowest BCUT2D eigenvalue weighted by Crippen LogP contribution is -2.10. The van der Waals surface area contributed by atoms with Crippen LogP contribution < -0.4 is 10.1 Å². The third-order valence-corrected chi connectivity index (χ3v) is 3.19. The van der Waals surface area contributed by atoms with Gasteiger partial charge in [-0.2, -0.15) is 0 Å². The Kier molecular flexibility index (Phi) is 5.28. The van der Waals surface area contributed by atoms with Gasteiger partial charge in [-0.15, -0.1) is 0 Å². The number of aliphatic carboxylic acids is 1. The largest absolute Gasteiger partial charge is 0.495 e. The molecule has 1 rings (SSSR count). The number of rotatable bonds is 6. The Labute approximate surface area is 112 Å². The minimum Gasteiger partial charge on any atom is -0.495 e. The summed E-state index contributed by atoms with van der Waals surface area (Å²) in [6, 6.07) is 1.92. The smallest absolute Gasteiger partial charge is 0.305 e. The number of carbonyl (C=O) groups is 1. The Morgan fingerprint density at radius 3 is 2.72 bits per heavy atom. The van der Waals surface area contributed by atoms with Gasteiger partial charge in [0.25, 0.3) is 0 Å². The van der Waals surface area contributed by atoms with E-state index in [1.807, 2.05) is 19.9 Å². The van der Waals surface area contributed by atoms with E-state index >= 15 is 0 Å². The predicted octanol–water partition coefficient (Wildman–Crippen LogP) is 3.11. The molecule has 0 amide bonds. The molecule has 4 nitrogen and oxygen atoms in total. The standard InChI is InChI=1S/C13H18ClNO3/c1-4-9-10(15-6-5-11(16)17)7-8(2)12(14)13(9)18-3/h7,15H,4-6H2,1-3H3,(H,16,17). The molecule has 0 saturated heterocycles. The number of aryl methyl sites for hydroxylation is 1. The van der Waals surface area contributed by atoms with Crippen LogP contribution >= 0.6 is 11.6 Å². The molecule has 1 aromatic rings. The van der Waals surface area contributed by atoms with E-state index in [0.717, 1.165) is 23.2 Å². The van der Waals surface area contributed by atoms with Crippen molar-refractivity contribution in [3.05, 3.63) is 22.2 Å². The van der Waals surface area contributed by atoms with Gasteiger partial charge in [0.15, 0.2) is 0 Å². The van der Waals surface area contributed by atoms with Crippen LogP contribution in [0.25, 0.3) is 0 Å². The van der Waals surface area contributed by atoms with E-state index in [1.165, 1.54) is 0 Å². The summed E-state index contributed by atoms with van der Waals surface area (Å²) in [7, 11) is 1.58. The fraction of sp³-hybridized carbons (Fsp3) is 0.462. The molecule has 0 atom stereocenters. The van der Waals surface area contributed by atoms with Gasteiger partial charge in [-0.3, -0.25) is 4.79 Å². The summed E-state index contributed by atoms with van der Waals surface area (Å²) in [6.07, 6.45) is 0.839. The van der Waals surface area contributed by atoms with Crippen molar-refractivity contribution in [2.24, 2.45) is 0 Å². The molecule has 0 aliphatic rings. The molecule has 0 aromatic heterocycles. The summed E-state index contributed by atoms with van der Waals surface area (Å²) >= 11 is 6.19. The molecular weight excluding hydrogens is 254 g/mol. The maximum absolute atomic E-state index is 10.5. The first kappa shape index (κ1) is 14.6. The van der Waals surface area contributed by atoms with E-state index < -0.39 is 5.97 Å². The molecule has 0 heterocycles. The van der Waals surface area contributed by atoms with Crippen LogP contribution in [0.15, 0.2) is 6.07 Å². The molecule has 0 saturated carbocycles. The highest BCUT2D eigenvalue weighted by molar-refractivity contribution is 6.33. The highest BCUT2D eigenvalue weighted by Crippen LogP contribution is 2.37. The first-order valence-corrected chi connectivity index (χ1v) is 6.20. The first-order valence-electron chi connectivity index (χ1n) is 5.82. The van der Waals surface area contributed by atoms with Crippen LogP contribution in [0.2, 0.25) is 5.02 Å². The zero-order valence-electron chi connectivity index (χ0n) is 10.8. The quantitative estimate of drug-likeness (QED) is 0.835. The number of methoxy groups -OCH3 is 1. The van der Waals surface area contributed by atoms with Gasteiger partial charge < -0.3 is 15.2 Å². The summed E-state index contributed by atoms with van der Waals surface area (Å²) in [5, 5.41) is 12.4. The van der Waals surface area contributed by atoms with Crippen LogP contribution in [0.3, 0.4) is 0 Å². The zero-order valence-corrected chi connectivity index (χ0v) is 11.6. The Hall–Kier alpha value is -1.42. The average molecular weight is 272 g/mol. The van der Waals surface area contributed by atoms with Crippen molar-refractivity contribution >= 4 is 23.3 Å². The third-order valence-electron chi connectivity index (χ3n) is 2.72. The number of hydrogen-bond acceptors (Lipinski definition) is 3. The van der Waals surface area contributed by atoms with E-state index in [0.29, 0.717) is 17.3 Å². The Balaban J connectivity index is 3.03. The molecule has 0 unspecified atom stereocenters. The van der Waals surface area contributed by atoms with Crippen LogP contribution in [0.4, 0.5) is 5.69 Å². The number of carboxylic acids is 1. The molecule has 0 bridgehead atoms. The molecule has 1 aromatic carbocycles. The van der Waals surface area contributed by atoms with Crippen molar-refractivity contribution in [3.63, 3.8) is 0 Å². The van der Waals surface area contributed by atoms with Gasteiger partial charge in [-0.05, 0) is 25.0 Å². The highest BCUT2D eigenvalue weighted by Gasteiger charge is 2.14. The second-order valence-electron chi connectivity index (χ2n) is 3.99. The van der Waals surface area contributed by atoms with Crippen molar-refractivity contribution < 1.29 is 14.6 Å². The van der Waals surface area contributed by atoms with E-state index in [4.69, 9.17) is 21.4 Å². The molecular formula is C13H18ClNO3. The van der Waals surface area contributed by atoms with Crippen LogP contribution in [0.5, 0.6) is 5.75 Å². The van der Waals surface area contributed by atoms with Crippen LogP contribution in [-0.2, 0) is 11.2 Å². The number of halogens is 1. The average Bonchev–Trinajstić information content (AvgIpc) is 2.32. The van der Waals surface area contributed by atoms with Gasteiger partial charge in [0, 0.05) is 17.8 Å². The molecule has 0 aliphatic heterocycles. The number of hydrogen-bond donors (Lipinski definition) is 2. The van der Waals surface area contributed by atoms with Gasteiger partial charge in [-0.1, -0.05) is 18.5 Å². The maximum Gasteiger partial charge on any atom is 0.305 e. The molecule has 0 fully saturated rings. The summed E-state index contributed by atoms with van der Waals surface area (Å²) in [5.74, 6) is -0.157. The van der Waals surface area contributed by atoms with Crippen molar-refractivity contribution in [1.82, 2.24) is 0 Å². The molecule has 0 aliphatic carbocycles. The first-order chi connectivity index (χ1) is 8.51. The van der Waals surface area contributed by atoms with Gasteiger partial charge >= 0.3 is 5.97 Å². The minimum absolute atomic E-state index is 0.0765. The minimum atomic E-state index is -0.821. The zero-order chi connectivity index (χ0) is 13.7. The molecule has 2 N–H and O–H groups in total. The van der Waals surface area contributed by atoms with Crippen molar-refractivity contribution in [1.29, 1.82) is 0 Å². The fourth-order valence-corrected chi connectivity index (χ4v) is 2.07. The Morgan fingerprint density at radius 1 is 1.56 bits per heavy atom. The number of nitrogens with one attached hydrogen (secondary N) is 1. The normalized spacial score (nSPS) is 10.2. The lowest BCUT2D eigenvalue weighted by Gasteiger charge is -2.17. The monoisotopic (exact) mass is 271 g/mol. The van der Waals surface area contributed by atoms with Crippen molar-refractivity contribution in [3.8, 4) is 5.75 Å². The topological polar surface area (TPSA) is 58.6 Å². The number of ether oxygens (including phenoxy) is 1. The lowest BCUT2D eigenvalue weighted by atomic mass is 10.1. The van der Waals surface area contributed by atoms with Crippen molar-refractivity contribution in [2.45, 2.75) is 26.7 Å². The van der Waals surface area contributed by atoms with E-state index in [2.05, 4.69) is 5.32 Å². The maximum atomic E-state index is 10.5. The summed E-state index contributed by atoms with van der Waals surface area (Å²) in [4.78, 5) is 10.5. The Bertz CT molecular complexity index is 446. The summed E-state index contributed by atoms with van der Waals surface area (Å²) in [5.41, 5.74) is 2.76. The van der Waals surface area contributed by atoms with Crippen LogP contribution in [-0.4, -0.2) is 24.7 Å². The van der Waals surface area contributed by atoms with Gasteiger partial charge in [-0.25, -0.2) is 0 Å². The second-order valence-corrected chi connectivity index (χ2v) is 4.37. The van der Waals surface area contributed by atoms with Gasteiger partial charge in [0.2, 0.25) is 0 Å². The highest BCUT2D eigenvalue weighted by atomic mass is 35.5. The SMILES string of the molecule is CCc1c(NCCC(=O)O)cc(C)c(Cl)c1OC. The number of carboxylic acid groups (broad SMARTS) is 1. The molecule has 0 radical (unpaired) electrons.